The summed E-state index contributed by atoms with van der Waals surface area (Å²) in [4.78, 5) is 32.9. The molecule has 6 nitrogen and oxygen atoms in total. The molecule has 0 atom stereocenters. The molecule has 0 saturated carbocycles. The Balaban J connectivity index is 1.66. The third-order valence-electron chi connectivity index (χ3n) is 5.20. The fourth-order valence-corrected chi connectivity index (χ4v) is 3.83. The molecule has 140 valence electrons. The number of anilines is 2. The molecule has 3 heterocycles. The zero-order valence-electron chi connectivity index (χ0n) is 15.7. The second-order valence-electron chi connectivity index (χ2n) is 6.84. The number of fused-ring (bicyclic) bond motifs is 2. The molecule has 0 radical (unpaired) electrons. The van der Waals surface area contributed by atoms with E-state index in [-0.39, 0.29) is 11.9 Å². The summed E-state index contributed by atoms with van der Waals surface area (Å²) in [6.07, 6.45) is 3.46. The van der Waals surface area contributed by atoms with Crippen molar-refractivity contribution in [2.24, 2.45) is 0 Å². The van der Waals surface area contributed by atoms with Gasteiger partial charge >= 0.3 is 5.97 Å². The van der Waals surface area contributed by atoms with Crippen molar-refractivity contribution in [3.8, 4) is 0 Å². The highest BCUT2D eigenvalue weighted by Gasteiger charge is 2.28. The molecule has 0 unspecified atom stereocenters. The molecule has 1 amide bonds. The van der Waals surface area contributed by atoms with E-state index in [2.05, 4.69) is 16.0 Å². The Bertz CT molecular complexity index is 910. The lowest BCUT2D eigenvalue weighted by Gasteiger charge is -2.30. The number of esters is 1. The number of hydrogen-bond acceptors (Lipinski definition) is 5. The van der Waals surface area contributed by atoms with E-state index in [1.54, 1.807) is 13.1 Å². The quantitative estimate of drug-likeness (QED) is 0.778. The van der Waals surface area contributed by atoms with Crippen LogP contribution in [0.25, 0.3) is 0 Å². The largest absolute Gasteiger partial charge is 0.462 e. The minimum Gasteiger partial charge on any atom is -0.462 e. The Labute approximate surface area is 158 Å². The van der Waals surface area contributed by atoms with Crippen LogP contribution in [-0.2, 0) is 17.7 Å². The first-order valence-corrected chi connectivity index (χ1v) is 9.48. The SMILES string of the molecule is CCOC(=O)c1cnc2c(c1)CCCN2c1ccc2c(c1)CN(CC)C2=O. The van der Waals surface area contributed by atoms with Crippen LogP contribution in [0.15, 0.2) is 30.5 Å². The molecule has 0 saturated heterocycles. The molecule has 4 rings (SSSR count). The van der Waals surface area contributed by atoms with Crippen LogP contribution in [0.1, 0.15) is 52.1 Å². The second kappa shape index (κ2) is 7.02. The first-order valence-electron chi connectivity index (χ1n) is 9.48. The van der Waals surface area contributed by atoms with Crippen LogP contribution in [0.5, 0.6) is 0 Å². The molecule has 1 aromatic heterocycles. The monoisotopic (exact) mass is 365 g/mol. The third-order valence-corrected chi connectivity index (χ3v) is 5.20. The van der Waals surface area contributed by atoms with Crippen molar-refractivity contribution >= 4 is 23.4 Å². The number of aryl methyl sites for hydroxylation is 1. The summed E-state index contributed by atoms with van der Waals surface area (Å²) in [5, 5.41) is 0. The molecule has 2 aliphatic rings. The number of benzene rings is 1. The van der Waals surface area contributed by atoms with E-state index in [0.717, 1.165) is 47.6 Å². The van der Waals surface area contributed by atoms with Crippen molar-refractivity contribution in [1.29, 1.82) is 0 Å². The van der Waals surface area contributed by atoms with Crippen LogP contribution in [0, 0.1) is 0 Å². The van der Waals surface area contributed by atoms with Gasteiger partial charge in [-0.2, -0.15) is 0 Å². The lowest BCUT2D eigenvalue weighted by Crippen LogP contribution is -2.26. The highest BCUT2D eigenvalue weighted by Crippen LogP contribution is 2.35. The van der Waals surface area contributed by atoms with Crippen LogP contribution >= 0.6 is 0 Å². The van der Waals surface area contributed by atoms with Crippen molar-refractivity contribution in [3.05, 3.63) is 52.7 Å². The van der Waals surface area contributed by atoms with E-state index >= 15 is 0 Å². The van der Waals surface area contributed by atoms with Gasteiger partial charge in [0.15, 0.2) is 0 Å². The number of pyridine rings is 1. The fourth-order valence-electron chi connectivity index (χ4n) is 3.83. The molecule has 0 spiro atoms. The summed E-state index contributed by atoms with van der Waals surface area (Å²) >= 11 is 0. The Morgan fingerprint density at radius 1 is 1.22 bits per heavy atom. The number of aromatic nitrogens is 1. The van der Waals surface area contributed by atoms with Gasteiger partial charge in [-0.15, -0.1) is 0 Å². The van der Waals surface area contributed by atoms with E-state index in [0.29, 0.717) is 25.3 Å². The Morgan fingerprint density at radius 3 is 2.85 bits per heavy atom. The number of carbonyl (C=O) groups excluding carboxylic acids is 2. The van der Waals surface area contributed by atoms with Gasteiger partial charge in [-0.25, -0.2) is 9.78 Å². The van der Waals surface area contributed by atoms with Crippen molar-refractivity contribution in [3.63, 3.8) is 0 Å². The van der Waals surface area contributed by atoms with Crippen molar-refractivity contribution in [2.45, 2.75) is 33.2 Å². The number of rotatable bonds is 4. The molecule has 0 N–H and O–H groups in total. The van der Waals surface area contributed by atoms with Gasteiger partial charge in [0.2, 0.25) is 0 Å². The zero-order valence-corrected chi connectivity index (χ0v) is 15.7. The highest BCUT2D eigenvalue weighted by atomic mass is 16.5. The maximum atomic E-state index is 12.3. The van der Waals surface area contributed by atoms with Gasteiger partial charge in [-0.1, -0.05) is 0 Å². The lowest BCUT2D eigenvalue weighted by molar-refractivity contribution is 0.0525. The highest BCUT2D eigenvalue weighted by molar-refractivity contribution is 5.99. The number of hydrogen-bond donors (Lipinski definition) is 0. The predicted molar refractivity (Wildman–Crippen MR) is 102 cm³/mol. The maximum absolute atomic E-state index is 12.3. The summed E-state index contributed by atoms with van der Waals surface area (Å²) in [6, 6.07) is 7.90. The summed E-state index contributed by atoms with van der Waals surface area (Å²) in [7, 11) is 0. The topological polar surface area (TPSA) is 62.7 Å². The molecule has 0 fully saturated rings. The summed E-state index contributed by atoms with van der Waals surface area (Å²) in [5.41, 5.74) is 4.45. The third kappa shape index (κ3) is 3.05. The number of carbonyl (C=O) groups is 2. The first-order chi connectivity index (χ1) is 13.1. The number of amides is 1. The summed E-state index contributed by atoms with van der Waals surface area (Å²) in [6.45, 7) is 6.38. The molecule has 0 bridgehead atoms. The van der Waals surface area contributed by atoms with E-state index in [1.807, 2.05) is 30.0 Å². The molecular formula is C21H23N3O3. The predicted octanol–water partition coefficient (Wildman–Crippen LogP) is 3.32. The van der Waals surface area contributed by atoms with Crippen LogP contribution in [0.3, 0.4) is 0 Å². The van der Waals surface area contributed by atoms with Crippen LogP contribution < -0.4 is 4.90 Å². The Morgan fingerprint density at radius 2 is 2.07 bits per heavy atom. The molecule has 2 aromatic rings. The van der Waals surface area contributed by atoms with Gasteiger partial charge < -0.3 is 14.5 Å². The molecule has 6 heteroatoms. The molecule has 1 aromatic carbocycles. The zero-order chi connectivity index (χ0) is 19.0. The molecule has 27 heavy (non-hydrogen) atoms. The molecule has 2 aliphatic heterocycles. The number of ether oxygens (including phenoxy) is 1. The normalized spacial score (nSPS) is 15.6. The smallest absolute Gasteiger partial charge is 0.339 e. The molecular weight excluding hydrogens is 342 g/mol. The van der Waals surface area contributed by atoms with E-state index in [9.17, 15) is 9.59 Å². The van der Waals surface area contributed by atoms with Crippen LogP contribution in [0.2, 0.25) is 0 Å². The second-order valence-corrected chi connectivity index (χ2v) is 6.84. The standard InChI is InChI=1S/C21H23N3O3/c1-3-23-13-16-11-17(7-8-18(16)20(23)25)24-9-5-6-14-10-15(12-22-19(14)24)21(26)27-4-2/h7-8,10-12H,3-6,9,13H2,1-2H3. The summed E-state index contributed by atoms with van der Waals surface area (Å²) < 4.78 is 5.08. The van der Waals surface area contributed by atoms with E-state index in [1.165, 1.54) is 0 Å². The fraction of sp³-hybridized carbons (Fsp3) is 0.381. The average molecular weight is 365 g/mol. The van der Waals surface area contributed by atoms with Crippen LogP contribution in [0.4, 0.5) is 11.5 Å². The van der Waals surface area contributed by atoms with Crippen molar-refractivity contribution < 1.29 is 14.3 Å². The van der Waals surface area contributed by atoms with E-state index in [4.69, 9.17) is 4.74 Å². The van der Waals surface area contributed by atoms with Gasteiger partial charge in [0.05, 0.1) is 12.2 Å². The summed E-state index contributed by atoms with van der Waals surface area (Å²) in [5.74, 6) is 0.654. The van der Waals surface area contributed by atoms with E-state index < -0.39 is 0 Å². The minimum atomic E-state index is -0.333. The van der Waals surface area contributed by atoms with Gasteiger partial charge in [0, 0.05) is 37.1 Å². The van der Waals surface area contributed by atoms with Gasteiger partial charge in [-0.3, -0.25) is 4.79 Å². The molecule has 0 aliphatic carbocycles. The number of nitrogens with zero attached hydrogens (tertiary/aromatic N) is 3. The van der Waals surface area contributed by atoms with Crippen molar-refractivity contribution in [1.82, 2.24) is 9.88 Å². The van der Waals surface area contributed by atoms with Crippen molar-refractivity contribution in [2.75, 3.05) is 24.6 Å². The van der Waals surface area contributed by atoms with Crippen LogP contribution in [-0.4, -0.2) is 41.5 Å². The van der Waals surface area contributed by atoms with Gasteiger partial charge in [-0.05, 0) is 62.1 Å². The Kier molecular flexibility index (Phi) is 4.56. The first kappa shape index (κ1) is 17.5. The Hall–Kier alpha value is -2.89. The van der Waals surface area contributed by atoms with Gasteiger partial charge in [0.25, 0.3) is 5.91 Å². The average Bonchev–Trinajstić information content (AvgIpc) is 3.02. The lowest BCUT2D eigenvalue weighted by atomic mass is 10.0. The minimum absolute atomic E-state index is 0.107. The van der Waals surface area contributed by atoms with Gasteiger partial charge in [0.1, 0.15) is 5.82 Å². The maximum Gasteiger partial charge on any atom is 0.339 e.